The smallest absolute Gasteiger partial charge is 0.316 e. The minimum Gasteiger partial charge on any atom is -0.353 e. The van der Waals surface area contributed by atoms with E-state index in [1.54, 1.807) is 0 Å². The van der Waals surface area contributed by atoms with Gasteiger partial charge >= 0.3 is 12.1 Å². The molecule has 9 rings (SSSR count). The molecule has 3 radical (unpaired) electrons. The van der Waals surface area contributed by atoms with E-state index in [9.17, 15) is 87.4 Å². The van der Waals surface area contributed by atoms with Gasteiger partial charge in [-0.1, -0.05) is 0 Å². The summed E-state index contributed by atoms with van der Waals surface area (Å²) >= 11 is 12.6. The molecule has 493 valence electrons. The normalized spacial score (nSPS) is 13.4. The molecule has 50 heteroatoms. The Bertz CT molecular complexity index is 5250. The number of amides is 4. The Morgan fingerprint density at radius 2 is 0.865 bits per heavy atom. The summed E-state index contributed by atoms with van der Waals surface area (Å²) in [5, 5.41) is 26.5. The van der Waals surface area contributed by atoms with Crippen LogP contribution in [-0.2, 0) is 60.7 Å². The summed E-state index contributed by atoms with van der Waals surface area (Å²) in [4.78, 5) is 47.2. The van der Waals surface area contributed by atoms with Crippen molar-refractivity contribution in [1.29, 1.82) is 0 Å². The zero-order valence-electron chi connectivity index (χ0n) is 49.0. The van der Waals surface area contributed by atoms with Crippen molar-refractivity contribution < 1.29 is 87.4 Å². The van der Waals surface area contributed by atoms with Gasteiger partial charge in [-0.15, -0.1) is 20.5 Å². The molecule has 0 bridgehead atoms. The molecule has 1 aliphatic rings. The van der Waals surface area contributed by atoms with Crippen LogP contribution >= 0.6 is 23.2 Å². The number of nitrogens with one attached hydrogen (secondary N) is 5. The van der Waals surface area contributed by atoms with Crippen LogP contribution in [0.25, 0.3) is 21.5 Å². The van der Waals surface area contributed by atoms with Crippen LogP contribution in [0.2, 0.25) is 10.6 Å². The zero-order valence-corrected chi connectivity index (χ0v) is 60.5. The Kier molecular flexibility index (Phi) is 25.6. The summed E-state index contributed by atoms with van der Waals surface area (Å²) in [7, 11) is -31.2. The first-order valence-electron chi connectivity index (χ1n) is 25.2. The number of carbonyl (C=O) groups is 2. The Hall–Kier alpha value is -5.97. The van der Waals surface area contributed by atoms with E-state index < -0.39 is 135 Å². The van der Waals surface area contributed by atoms with Crippen LogP contribution in [0.4, 0.5) is 78.9 Å². The van der Waals surface area contributed by atoms with Crippen LogP contribution in [0.5, 0.6) is 0 Å². The van der Waals surface area contributed by atoms with Crippen molar-refractivity contribution in [2.75, 3.05) is 70.8 Å². The molecule has 8 aromatic rings. The first-order chi connectivity index (χ1) is 43.2. The molecule has 1 fully saturated rings. The van der Waals surface area contributed by atoms with Gasteiger partial charge in [0.2, 0.25) is 34.4 Å². The van der Waals surface area contributed by atoms with E-state index >= 15 is 0 Å². The first kappa shape index (κ1) is 79.0. The number of hydrogen-bond donors (Lipinski definition) is 13. The second-order valence-electron chi connectivity index (χ2n) is 19.1. The fraction of sp³-hybridized carbons (Fsp3) is 0.130. The number of urea groups is 2. The second-order valence-corrected chi connectivity index (χ2v) is 28.2. The Morgan fingerprint density at radius 3 is 1.26 bits per heavy atom. The third kappa shape index (κ3) is 20.1. The number of nitrogens with zero attached hydrogens (tertiary/aromatic N) is 12. The number of nitrogens with two attached hydrogens (primary N) is 2. The number of azo groups is 2. The molecule has 39 nitrogen and oxygen atoms in total. The number of halogens is 2. The van der Waals surface area contributed by atoms with E-state index in [1.165, 1.54) is 36.4 Å². The number of fused-ring (bicyclic) bond motifs is 2. The van der Waals surface area contributed by atoms with Gasteiger partial charge in [0.25, 0.3) is 60.7 Å². The van der Waals surface area contributed by atoms with Crippen LogP contribution in [0, 0.1) is 0 Å². The Morgan fingerprint density at radius 1 is 0.479 bits per heavy atom. The van der Waals surface area contributed by atoms with Crippen molar-refractivity contribution in [2.24, 2.45) is 31.9 Å². The largest absolute Gasteiger partial charge is 0.353 e. The third-order valence-corrected chi connectivity index (χ3v) is 18.3. The summed E-state index contributed by atoms with van der Waals surface area (Å²) in [6, 6.07) is 10.4. The van der Waals surface area contributed by atoms with Crippen LogP contribution in [0.1, 0.15) is 0 Å². The van der Waals surface area contributed by atoms with E-state index in [0.717, 1.165) is 12.1 Å². The van der Waals surface area contributed by atoms with Gasteiger partial charge in [-0.3, -0.25) is 32.2 Å². The molecular weight excluding hydrogens is 1470 g/mol. The van der Waals surface area contributed by atoms with Crippen molar-refractivity contribution in [3.63, 3.8) is 0 Å². The molecule has 15 N–H and O–H groups in total. The molecule has 1 saturated heterocycles. The van der Waals surface area contributed by atoms with Gasteiger partial charge < -0.3 is 43.0 Å². The third-order valence-electron chi connectivity index (χ3n) is 12.8. The quantitative estimate of drug-likeness (QED) is 0.0267. The van der Waals surface area contributed by atoms with Crippen molar-refractivity contribution in [2.45, 2.75) is 29.4 Å². The Labute approximate surface area is 628 Å². The summed E-state index contributed by atoms with van der Waals surface area (Å²) < 4.78 is 206. The van der Waals surface area contributed by atoms with E-state index in [1.807, 2.05) is 4.90 Å². The summed E-state index contributed by atoms with van der Waals surface area (Å²) in [6.45, 7) is 2.46. The van der Waals surface area contributed by atoms with Gasteiger partial charge in [-0.2, -0.15) is 80.4 Å². The summed E-state index contributed by atoms with van der Waals surface area (Å²) in [6.07, 6.45) is 0. The molecule has 6 aromatic carbocycles. The topological polar surface area (TPSA) is 606 Å². The zero-order chi connectivity index (χ0) is 67.9. The molecule has 0 aliphatic carbocycles. The number of aromatic nitrogens is 6. The monoisotopic (exact) mass is 1510 g/mol. The minimum atomic E-state index is -5.25. The van der Waals surface area contributed by atoms with Crippen LogP contribution < -0.4 is 43.0 Å². The number of benzene rings is 6. The van der Waals surface area contributed by atoms with E-state index in [0.29, 0.717) is 69.1 Å². The van der Waals surface area contributed by atoms with Gasteiger partial charge in [-0.05, 0) is 119 Å². The van der Waals surface area contributed by atoms with E-state index in [-0.39, 0.29) is 175 Å². The predicted octanol–water partition coefficient (Wildman–Crippen LogP) is 4.54. The predicted molar refractivity (Wildman–Crippen MR) is 345 cm³/mol. The molecule has 1 aliphatic heterocycles. The fourth-order valence-corrected chi connectivity index (χ4v) is 13.1. The molecule has 4 amide bonds. The van der Waals surface area contributed by atoms with Crippen molar-refractivity contribution in [3.8, 4) is 0 Å². The van der Waals surface area contributed by atoms with Gasteiger partial charge in [0.05, 0.1) is 21.2 Å². The van der Waals surface area contributed by atoms with Crippen molar-refractivity contribution in [3.05, 3.63) is 95.5 Å². The molecule has 0 unspecified atom stereocenters. The minimum absolute atomic E-state index is 0. The summed E-state index contributed by atoms with van der Waals surface area (Å²) in [5.41, 5.74) is 8.94. The van der Waals surface area contributed by atoms with Crippen molar-refractivity contribution in [1.82, 2.24) is 34.8 Å². The number of hydrogen-bond acceptors (Lipinski definition) is 29. The molecule has 0 saturated carbocycles. The number of carbonyl (C=O) groups excluding carboxylic acids is 2. The van der Waals surface area contributed by atoms with E-state index in [2.05, 4.69) is 81.8 Å². The van der Waals surface area contributed by atoms with Gasteiger partial charge in [-0.25, -0.2) is 9.59 Å². The summed E-state index contributed by atoms with van der Waals surface area (Å²) in [5.74, 6) is 0.0146. The van der Waals surface area contributed by atoms with Crippen LogP contribution in [0.3, 0.4) is 0 Å². The molecular formula is C46H41Cl2KLiN19NaO20S6. The van der Waals surface area contributed by atoms with Crippen molar-refractivity contribution >= 4 is 287 Å². The molecule has 0 atom stereocenters. The molecule has 0 spiro atoms. The molecule has 3 heterocycles. The number of anilines is 8. The number of piperazine rings is 1. The first-order valence-corrected chi connectivity index (χ1v) is 34.6. The average Bonchev–Trinajstić information content (AvgIpc) is 0.758. The average molecular weight is 1510 g/mol. The number of primary amides is 2. The van der Waals surface area contributed by atoms with Gasteiger partial charge in [0, 0.05) is 161 Å². The van der Waals surface area contributed by atoms with E-state index in [4.69, 9.17) is 34.7 Å². The Balaban J connectivity index is 0.00000486. The van der Waals surface area contributed by atoms with Crippen LogP contribution in [-0.4, -0.2) is 264 Å². The fourth-order valence-electron chi connectivity index (χ4n) is 8.79. The standard InChI is InChI=1S/C46H41Cl2N19O20S6.K.Li.Na/c47-39-56-43(60-44(57-39)52-23-1-3-29(31(15-23)54-41(49)68)62-64-33-19-27-21(13-37(33)92(82,83)84)11-25(88(70,71)72)17-35(27)90(76,77)78)51-5-6-66-7-9-67(10-8-66)46-59-40(48)58-45(61-46)53-24-2-4-30(32(16-24)55-42(50)69)63-65-34-20-28-22(14-38(34)93(85,86)87)12-26(89(73,74)75)18-36(28)91(79,80)81;;;/h1-4,11-20H,5-10H2,(H3,49,54,68)(H3,50,55,69)(H,70,71,72)(H,73,74,75)(H,76,77,78)(H,79,80,81)(H,82,83,84)(H,85,86,87)(H,53,58,59,61)(H2,51,52,56,57,60);;;. The number of rotatable bonds is 21. The van der Waals surface area contributed by atoms with Gasteiger partial charge in [0.15, 0.2) is 0 Å². The SMILES string of the molecule is NC(=O)Nc1cc(Nc2nc(Cl)nc(NCCN3CCN(c4nc(Cl)nc(Nc5ccc(N=Nc6cc7c(S(=O)(=O)O)cc(S(=O)(=O)O)cc7cc6S(=O)(=O)O)c(NC(N)=O)c5)n4)CC3)n2)ccc1N=Nc1cc2c(S(=O)(=O)O)cc(S(=O)(=O)O)cc2cc1S(=O)(=O)O.[K].[Li].[Na]. The van der Waals surface area contributed by atoms with Gasteiger partial charge in [0.1, 0.15) is 42.3 Å². The molecule has 96 heavy (non-hydrogen) atoms. The second kappa shape index (κ2) is 31.1. The maximum absolute atomic E-state index is 12.5. The maximum atomic E-state index is 12.5. The van der Waals surface area contributed by atoms with Crippen LogP contribution in [0.15, 0.2) is 135 Å². The molecule has 2 aromatic heterocycles. The maximum Gasteiger partial charge on any atom is 0.316 e.